The van der Waals surface area contributed by atoms with Gasteiger partial charge in [0.1, 0.15) is 5.82 Å². The summed E-state index contributed by atoms with van der Waals surface area (Å²) in [5, 5.41) is 0. The third kappa shape index (κ3) is 2.83. The highest BCUT2D eigenvalue weighted by Crippen LogP contribution is 2.50. The first-order valence-electron chi connectivity index (χ1n) is 11.0. The number of hydrogen-bond donors (Lipinski definition) is 0. The van der Waals surface area contributed by atoms with E-state index in [9.17, 15) is 4.79 Å². The van der Waals surface area contributed by atoms with Crippen LogP contribution in [0, 0.1) is 5.92 Å². The molecule has 4 aromatic rings. The monoisotopic (exact) mass is 424 g/mol. The number of carbonyl (C=O) groups is 1. The number of benzene rings is 2. The number of hydrogen-bond acceptors (Lipinski definition) is 4. The van der Waals surface area contributed by atoms with Crippen LogP contribution in [0.1, 0.15) is 30.3 Å². The number of carbonyl (C=O) groups excluding carboxylic acids is 1. The smallest absolute Gasteiger partial charge is 0.219 e. The van der Waals surface area contributed by atoms with Crippen molar-refractivity contribution in [2.75, 3.05) is 20.2 Å². The lowest BCUT2D eigenvalue weighted by Gasteiger charge is -2.23. The van der Waals surface area contributed by atoms with Gasteiger partial charge < -0.3 is 14.2 Å². The summed E-state index contributed by atoms with van der Waals surface area (Å²) in [6, 6.07) is 21.1. The topological polar surface area (TPSA) is 60.2 Å². The molecule has 3 atom stereocenters. The van der Waals surface area contributed by atoms with E-state index >= 15 is 0 Å². The number of amides is 1. The van der Waals surface area contributed by atoms with Crippen LogP contribution >= 0.6 is 0 Å². The Labute approximate surface area is 186 Å². The number of ether oxygens (including phenoxy) is 1. The normalized spacial score (nSPS) is 21.6. The average molecular weight is 425 g/mol. The van der Waals surface area contributed by atoms with Crippen LogP contribution in [0.2, 0.25) is 0 Å². The van der Waals surface area contributed by atoms with Crippen LogP contribution in [-0.4, -0.2) is 45.5 Å². The first kappa shape index (κ1) is 19.0. The molecule has 0 aliphatic carbocycles. The molecule has 0 saturated carbocycles. The van der Waals surface area contributed by atoms with Gasteiger partial charge in [-0.05, 0) is 29.3 Å². The van der Waals surface area contributed by atoms with Crippen molar-refractivity contribution in [2.24, 2.45) is 5.92 Å². The van der Waals surface area contributed by atoms with Gasteiger partial charge in [0.05, 0.1) is 24.2 Å². The van der Waals surface area contributed by atoms with E-state index in [0.29, 0.717) is 11.8 Å². The van der Waals surface area contributed by atoms with Gasteiger partial charge >= 0.3 is 0 Å². The second-order valence-electron chi connectivity index (χ2n) is 8.68. The van der Waals surface area contributed by atoms with Crippen molar-refractivity contribution in [3.05, 3.63) is 78.2 Å². The van der Waals surface area contributed by atoms with Crippen molar-refractivity contribution in [1.82, 2.24) is 19.4 Å². The molecule has 6 rings (SSSR count). The van der Waals surface area contributed by atoms with Crippen LogP contribution in [-0.2, 0) is 4.79 Å². The van der Waals surface area contributed by atoms with Crippen LogP contribution in [0.5, 0.6) is 5.88 Å². The molecule has 32 heavy (non-hydrogen) atoms. The molecule has 2 aliphatic heterocycles. The Balaban J connectivity index is 1.51. The van der Waals surface area contributed by atoms with Crippen molar-refractivity contribution < 1.29 is 9.53 Å². The molecule has 0 bridgehead atoms. The Morgan fingerprint density at radius 2 is 1.84 bits per heavy atom. The molecule has 0 spiro atoms. The Morgan fingerprint density at radius 1 is 1.03 bits per heavy atom. The first-order valence-corrected chi connectivity index (χ1v) is 11.0. The minimum absolute atomic E-state index is 0.142. The Bertz CT molecular complexity index is 1310. The predicted molar refractivity (Wildman–Crippen MR) is 123 cm³/mol. The van der Waals surface area contributed by atoms with Crippen molar-refractivity contribution >= 4 is 16.9 Å². The average Bonchev–Trinajstić information content (AvgIpc) is 3.49. The van der Waals surface area contributed by atoms with Gasteiger partial charge in [0, 0.05) is 49.7 Å². The SMILES string of the molecule is COc1ccc(-c2ccc3nc4n(c3c2)[C@@H](c2ccccc2)[C@H]2CN(C(C)=O)C[C@@H]42)cn1. The number of methoxy groups -OCH3 is 1. The first-order chi connectivity index (χ1) is 15.6. The summed E-state index contributed by atoms with van der Waals surface area (Å²) in [4.78, 5) is 23.5. The number of rotatable bonds is 3. The number of aromatic nitrogens is 3. The number of likely N-dealkylation sites (tertiary alicyclic amines) is 1. The van der Waals surface area contributed by atoms with E-state index in [4.69, 9.17) is 9.72 Å². The van der Waals surface area contributed by atoms with E-state index in [1.807, 2.05) is 29.3 Å². The molecule has 1 fully saturated rings. The lowest BCUT2D eigenvalue weighted by molar-refractivity contribution is -0.128. The third-order valence-electron chi connectivity index (χ3n) is 6.96. The van der Waals surface area contributed by atoms with E-state index < -0.39 is 0 Å². The summed E-state index contributed by atoms with van der Waals surface area (Å²) in [7, 11) is 1.62. The molecule has 0 radical (unpaired) electrons. The Kier molecular flexibility index (Phi) is 4.28. The Morgan fingerprint density at radius 3 is 2.56 bits per heavy atom. The summed E-state index contributed by atoms with van der Waals surface area (Å²) < 4.78 is 7.62. The summed E-state index contributed by atoms with van der Waals surface area (Å²) in [5.74, 6) is 2.42. The van der Waals surface area contributed by atoms with Crippen molar-refractivity contribution in [1.29, 1.82) is 0 Å². The fraction of sp³-hybridized carbons (Fsp3) is 0.269. The predicted octanol–water partition coefficient (Wildman–Crippen LogP) is 4.27. The quantitative estimate of drug-likeness (QED) is 0.493. The molecule has 2 aromatic heterocycles. The van der Waals surface area contributed by atoms with Crippen LogP contribution in [0.25, 0.3) is 22.2 Å². The van der Waals surface area contributed by atoms with Gasteiger partial charge in [0.15, 0.2) is 0 Å². The molecular weight excluding hydrogens is 400 g/mol. The van der Waals surface area contributed by atoms with Crippen LogP contribution < -0.4 is 4.74 Å². The Hall–Kier alpha value is -3.67. The molecule has 1 amide bonds. The molecule has 2 aliphatic rings. The number of imidazole rings is 1. The van der Waals surface area contributed by atoms with E-state index in [2.05, 4.69) is 52.0 Å². The zero-order valence-corrected chi connectivity index (χ0v) is 18.1. The van der Waals surface area contributed by atoms with Gasteiger partial charge in [-0.15, -0.1) is 0 Å². The van der Waals surface area contributed by atoms with Crippen LogP contribution in [0.3, 0.4) is 0 Å². The number of fused-ring (bicyclic) bond motifs is 5. The minimum Gasteiger partial charge on any atom is -0.481 e. The van der Waals surface area contributed by atoms with Gasteiger partial charge in [-0.3, -0.25) is 4.79 Å². The highest BCUT2D eigenvalue weighted by molar-refractivity contribution is 5.83. The fourth-order valence-electron chi connectivity index (χ4n) is 5.43. The molecular formula is C26H24N4O2. The molecule has 1 saturated heterocycles. The van der Waals surface area contributed by atoms with Crippen molar-refractivity contribution in [3.8, 4) is 17.0 Å². The highest BCUT2D eigenvalue weighted by atomic mass is 16.5. The zero-order valence-electron chi connectivity index (χ0n) is 18.1. The van der Waals surface area contributed by atoms with Crippen LogP contribution in [0.15, 0.2) is 66.9 Å². The molecule has 0 N–H and O–H groups in total. The maximum absolute atomic E-state index is 12.1. The van der Waals surface area contributed by atoms with Crippen molar-refractivity contribution in [2.45, 2.75) is 18.9 Å². The minimum atomic E-state index is 0.142. The third-order valence-corrected chi connectivity index (χ3v) is 6.96. The summed E-state index contributed by atoms with van der Waals surface area (Å²) in [6.07, 6.45) is 1.84. The van der Waals surface area contributed by atoms with Gasteiger partial charge in [-0.25, -0.2) is 9.97 Å². The molecule has 0 unspecified atom stereocenters. The second-order valence-corrected chi connectivity index (χ2v) is 8.68. The van der Waals surface area contributed by atoms with Gasteiger partial charge in [0.25, 0.3) is 0 Å². The summed E-state index contributed by atoms with van der Waals surface area (Å²) in [6.45, 7) is 3.17. The molecule has 160 valence electrons. The lowest BCUT2D eigenvalue weighted by atomic mass is 9.88. The molecule has 2 aromatic carbocycles. The summed E-state index contributed by atoms with van der Waals surface area (Å²) in [5.41, 5.74) is 5.53. The maximum Gasteiger partial charge on any atom is 0.219 e. The summed E-state index contributed by atoms with van der Waals surface area (Å²) >= 11 is 0. The van der Waals surface area contributed by atoms with Gasteiger partial charge in [0.2, 0.25) is 11.8 Å². The van der Waals surface area contributed by atoms with Gasteiger partial charge in [-0.2, -0.15) is 0 Å². The van der Waals surface area contributed by atoms with E-state index in [1.165, 1.54) is 5.56 Å². The zero-order chi connectivity index (χ0) is 21.8. The van der Waals surface area contributed by atoms with Gasteiger partial charge in [-0.1, -0.05) is 36.4 Å². The van der Waals surface area contributed by atoms with E-state index in [-0.39, 0.29) is 17.9 Å². The highest BCUT2D eigenvalue weighted by Gasteiger charge is 2.49. The van der Waals surface area contributed by atoms with E-state index in [1.54, 1.807) is 14.0 Å². The van der Waals surface area contributed by atoms with Crippen LogP contribution in [0.4, 0.5) is 0 Å². The molecule has 6 heteroatoms. The lowest BCUT2D eigenvalue weighted by Crippen LogP contribution is -2.28. The number of nitrogens with zero attached hydrogens (tertiary/aromatic N) is 4. The maximum atomic E-state index is 12.1. The van der Waals surface area contributed by atoms with E-state index in [0.717, 1.165) is 41.1 Å². The number of pyridine rings is 1. The fourth-order valence-corrected chi connectivity index (χ4v) is 5.43. The standard InChI is InChI=1S/C26H24N4O2/c1-16(31)29-14-20-21(15-29)26-28-22-10-8-18(19-9-11-24(32-2)27-13-19)12-23(22)30(26)25(20)17-6-4-3-5-7-17/h3-13,20-21,25H,14-15H2,1-2H3/t20-,21+,25-/m0/s1. The molecule has 4 heterocycles. The molecule has 6 nitrogen and oxygen atoms in total. The van der Waals surface area contributed by atoms with Crippen molar-refractivity contribution in [3.63, 3.8) is 0 Å². The second kappa shape index (κ2) is 7.19. The largest absolute Gasteiger partial charge is 0.481 e.